The van der Waals surface area contributed by atoms with Gasteiger partial charge in [0.05, 0.1) is 39.6 Å². The molecule has 0 bridgehead atoms. The van der Waals surface area contributed by atoms with Crippen molar-refractivity contribution in [3.8, 4) is 0 Å². The van der Waals surface area contributed by atoms with Crippen molar-refractivity contribution < 1.29 is 172 Å². The molecule has 27 atom stereocenters. The van der Waals surface area contributed by atoms with Gasteiger partial charge >= 0.3 is 21.6 Å². The van der Waals surface area contributed by atoms with Gasteiger partial charge < -0.3 is 150 Å². The smallest absolute Gasteiger partial charge is 0.472 e. The second kappa shape index (κ2) is 26.1. The number of carbonyl (C=O) groups is 1. The fraction of sp³-hybridized carbons (Fsp3) is 0.971. The van der Waals surface area contributed by atoms with Crippen molar-refractivity contribution in [2.24, 2.45) is 5.73 Å². The predicted molar refractivity (Wildman–Crippen MR) is 218 cm³/mol. The Kier molecular flexibility index (Phi) is 22.3. The molecule has 36 nitrogen and oxygen atoms in total. The number of carboxylic acid groups (broad SMARTS) is 1. The molecule has 0 aromatic rings. The summed E-state index contributed by atoms with van der Waals surface area (Å²) < 4.78 is 89.6. The highest BCUT2D eigenvalue weighted by Crippen LogP contribution is 2.49. The Labute approximate surface area is 410 Å². The van der Waals surface area contributed by atoms with E-state index < -0.39 is 233 Å². The minimum absolute atomic E-state index is 0.426. The molecule has 5 rings (SSSR count). The Hall–Kier alpha value is -1.35. The fourth-order valence-corrected chi connectivity index (χ4v) is 9.88. The van der Waals surface area contributed by atoms with Gasteiger partial charge in [-0.15, -0.1) is 0 Å². The van der Waals surface area contributed by atoms with Crippen molar-refractivity contribution in [1.82, 2.24) is 0 Å². The maximum Gasteiger partial charge on any atom is 0.472 e. The van der Waals surface area contributed by atoms with Gasteiger partial charge in [0.1, 0.15) is 128 Å². The summed E-state index contributed by atoms with van der Waals surface area (Å²) in [5, 5.41) is 179. The predicted octanol–water partition coefficient (Wildman–Crippen LogP) is -12.5. The van der Waals surface area contributed by atoms with Gasteiger partial charge in [0.25, 0.3) is 5.79 Å². The Balaban J connectivity index is 1.43. The molecule has 5 saturated heterocycles. The summed E-state index contributed by atoms with van der Waals surface area (Å²) in [6.45, 7) is -6.95. The molecule has 5 aliphatic heterocycles. The van der Waals surface area contributed by atoms with Crippen molar-refractivity contribution in [1.29, 1.82) is 0 Å². The third kappa shape index (κ3) is 14.5. The van der Waals surface area contributed by atoms with Gasteiger partial charge in [-0.2, -0.15) is 0 Å². The van der Waals surface area contributed by atoms with Crippen LogP contribution in [-0.4, -0.2) is 313 Å². The van der Waals surface area contributed by atoms with Gasteiger partial charge in [0.2, 0.25) is 0 Å². The van der Waals surface area contributed by atoms with E-state index in [1.54, 1.807) is 0 Å². The highest BCUT2D eigenvalue weighted by molar-refractivity contribution is 7.47. The van der Waals surface area contributed by atoms with Crippen LogP contribution in [0.4, 0.5) is 0 Å². The number of hydrogen-bond donors (Lipinski definition) is 21. The second-order valence-corrected chi connectivity index (χ2v) is 19.7. The summed E-state index contributed by atoms with van der Waals surface area (Å²) in [7, 11) is -11.3. The van der Waals surface area contributed by atoms with Crippen LogP contribution >= 0.6 is 15.6 Å². The first kappa shape index (κ1) is 62.5. The number of aliphatic hydroxyl groups is 16. The van der Waals surface area contributed by atoms with Crippen LogP contribution in [0.15, 0.2) is 0 Å². The van der Waals surface area contributed by atoms with Crippen LogP contribution in [0.25, 0.3) is 0 Å². The summed E-state index contributed by atoms with van der Waals surface area (Å²) in [6, 6.07) is 0. The van der Waals surface area contributed by atoms with Crippen LogP contribution in [0.1, 0.15) is 6.42 Å². The first-order valence-corrected chi connectivity index (χ1v) is 25.0. The van der Waals surface area contributed by atoms with Crippen molar-refractivity contribution in [2.75, 3.05) is 46.2 Å². The molecule has 0 amide bonds. The third-order valence-electron chi connectivity index (χ3n) is 12.1. The number of rotatable bonds is 24. The molecule has 73 heavy (non-hydrogen) atoms. The molecule has 1 unspecified atom stereocenters. The van der Waals surface area contributed by atoms with Crippen LogP contribution in [0, 0.1) is 0 Å². The molecule has 22 N–H and O–H groups in total. The van der Waals surface area contributed by atoms with E-state index >= 15 is 0 Å². The first-order valence-electron chi connectivity index (χ1n) is 21.9. The van der Waals surface area contributed by atoms with Crippen molar-refractivity contribution in [3.63, 3.8) is 0 Å². The average Bonchev–Trinajstić information content (AvgIpc) is 3.62. The van der Waals surface area contributed by atoms with E-state index in [2.05, 4.69) is 4.52 Å². The Morgan fingerprint density at radius 2 is 1.07 bits per heavy atom. The number of hydrogen-bond acceptors (Lipinski definition) is 32. The van der Waals surface area contributed by atoms with Crippen LogP contribution in [0.2, 0.25) is 0 Å². The number of aliphatic hydroxyl groups excluding tert-OH is 15. The molecule has 38 heteroatoms. The molecule has 0 radical (unpaired) electrons. The monoisotopic (exact) mass is 1120 g/mol. The molecule has 0 aliphatic carbocycles. The maximum absolute atomic E-state index is 13.2. The topological polar surface area (TPSA) is 593 Å². The molecular weight excluding hydrogens is 1060 g/mol. The molecule has 5 aliphatic rings. The van der Waals surface area contributed by atoms with E-state index in [9.17, 15) is 115 Å². The van der Waals surface area contributed by atoms with E-state index in [1.165, 1.54) is 0 Å². The Morgan fingerprint density at radius 1 is 0.575 bits per heavy atom. The van der Waals surface area contributed by atoms with Gasteiger partial charge in [-0.3, -0.25) is 13.6 Å². The third-order valence-corrected chi connectivity index (χ3v) is 13.6. The number of nitrogens with two attached hydrogens (primary N) is 1. The number of phosphoric ester groups is 2. The average molecular weight is 1120 g/mol. The quantitative estimate of drug-likeness (QED) is 0.0399. The molecule has 0 aromatic heterocycles. The molecule has 0 saturated carbocycles. The lowest BCUT2D eigenvalue weighted by molar-refractivity contribution is -0.392. The number of ether oxygens (including phenoxy) is 9. The number of aliphatic carboxylic acids is 1. The van der Waals surface area contributed by atoms with Crippen molar-refractivity contribution >= 4 is 21.6 Å². The Bertz CT molecular complexity index is 1840. The van der Waals surface area contributed by atoms with E-state index in [0.717, 1.165) is 0 Å². The molecular formula is C35H63NO35P2. The van der Waals surface area contributed by atoms with Gasteiger partial charge in [-0.25, -0.2) is 13.9 Å². The fourth-order valence-electron chi connectivity index (χ4n) is 8.40. The van der Waals surface area contributed by atoms with E-state index in [4.69, 9.17) is 57.4 Å². The summed E-state index contributed by atoms with van der Waals surface area (Å²) >= 11 is 0. The zero-order chi connectivity index (χ0) is 54.7. The lowest BCUT2D eigenvalue weighted by Crippen LogP contribution is -2.69. The van der Waals surface area contributed by atoms with E-state index in [1.807, 2.05) is 0 Å². The maximum atomic E-state index is 13.2. The minimum Gasteiger partial charge on any atom is -0.477 e. The van der Waals surface area contributed by atoms with E-state index in [0.29, 0.717) is 0 Å². The zero-order valence-electron chi connectivity index (χ0n) is 37.6. The Morgan fingerprint density at radius 3 is 1.63 bits per heavy atom. The van der Waals surface area contributed by atoms with E-state index in [-0.39, 0.29) is 0 Å². The highest BCUT2D eigenvalue weighted by atomic mass is 31.2. The SMILES string of the molecule is NCCOP(=O)(O)O[C@@H]1[C@@H](O[C@H]2[C@@H]([C@H](O)CO)O[C@@](O)(C(=O)O)C[C@H]2OP(=O)(O)O)O[C@H]([C@H](O)CO)[C@@H](O[C@@H]2O[C@H](CO)[C@@H](O[C@@H]3O[C@H](CO)[C@H](O)[C@H](O[C@@H]4O[C@@H]([C@H](O)CO)[C@H](O)[C@H]4O)[C@H]3O)[C@H](O)[C@H]2O)[C@@H]1O. The summed E-state index contributed by atoms with van der Waals surface area (Å²) in [6.07, 6.45) is -55.7. The van der Waals surface area contributed by atoms with Gasteiger partial charge in [-0.05, 0) is 0 Å². The normalized spacial score (nSPS) is 44.8. The minimum atomic E-state index is -5.75. The standard InChI is InChI=1S/C35H63NO35P2/c36-1-2-60-73(58,59)71-29-20(50)28(23(10(43)5-38)64-33(29)66-26-12(70-72(55,56)57)3-35(54,34(52)53)69-24(26)11(44)6-39)68-30-19(49)17(47)25(14(8-41)62-30)65-32-21(51)27(15(45)13(7-40)61-32)67-31-18(48)16(46)22(63-31)9(42)4-37/h9-33,37-51,54H,1-8,36H2,(H,52,53)(H,58,59)(H2,55,56,57)/t9-,10-,11-,12-,13-,14-,15+,16-,17-,18-,19-,20+,21-,22+,23-,24-,25-,26-,27+,28+,29+,30+,31+,32+,33-,35-/m1/s1. The largest absolute Gasteiger partial charge is 0.477 e. The van der Waals surface area contributed by atoms with Crippen LogP contribution in [0.5, 0.6) is 0 Å². The second-order valence-electron chi connectivity index (χ2n) is 17.1. The molecule has 0 aromatic carbocycles. The van der Waals surface area contributed by atoms with Gasteiger partial charge in [0.15, 0.2) is 25.2 Å². The van der Waals surface area contributed by atoms with Crippen molar-refractivity contribution in [3.05, 3.63) is 0 Å². The summed E-state index contributed by atoms with van der Waals surface area (Å²) in [4.78, 5) is 42.1. The van der Waals surface area contributed by atoms with Crippen LogP contribution in [0.3, 0.4) is 0 Å². The molecule has 428 valence electrons. The lowest BCUT2D eigenvalue weighted by atomic mass is 9.91. The molecule has 0 spiro atoms. The summed E-state index contributed by atoms with van der Waals surface area (Å²) in [5.74, 6) is -5.64. The van der Waals surface area contributed by atoms with Crippen LogP contribution in [-0.2, 0) is 70.1 Å². The summed E-state index contributed by atoms with van der Waals surface area (Å²) in [5.41, 5.74) is 5.36. The molecule has 5 heterocycles. The van der Waals surface area contributed by atoms with Crippen LogP contribution < -0.4 is 5.73 Å². The number of phosphoric acid groups is 2. The van der Waals surface area contributed by atoms with Crippen molar-refractivity contribution in [2.45, 2.75) is 166 Å². The highest BCUT2D eigenvalue weighted by Gasteiger charge is 2.61. The zero-order valence-corrected chi connectivity index (χ0v) is 39.4. The molecule has 5 fully saturated rings. The van der Waals surface area contributed by atoms with Gasteiger partial charge in [-0.1, -0.05) is 0 Å². The number of carboxylic acids is 1. The van der Waals surface area contributed by atoms with Gasteiger partial charge in [0, 0.05) is 13.0 Å². The first-order chi connectivity index (χ1) is 34.1. The lowest BCUT2D eigenvalue weighted by Gasteiger charge is -2.51.